The first kappa shape index (κ1) is 14.8. The Kier molecular flexibility index (Phi) is 5.00. The second kappa shape index (κ2) is 6.74. The minimum Gasteiger partial charge on any atom is -0.382 e. The molecule has 0 unspecified atom stereocenters. The molecule has 1 aromatic rings. The number of anilines is 2. The first-order chi connectivity index (χ1) is 9.58. The Hall–Kier alpha value is -1.56. The van der Waals surface area contributed by atoms with Crippen molar-refractivity contribution >= 4 is 28.2 Å². The molecule has 1 saturated heterocycles. The lowest BCUT2D eigenvalue weighted by Crippen LogP contribution is -2.24. The van der Waals surface area contributed by atoms with Gasteiger partial charge in [-0.1, -0.05) is 36.3 Å². The van der Waals surface area contributed by atoms with Gasteiger partial charge in [-0.2, -0.15) is 0 Å². The predicted octanol–water partition coefficient (Wildman–Crippen LogP) is 2.41. The first-order valence-corrected chi connectivity index (χ1v) is 7.83. The third-order valence-electron chi connectivity index (χ3n) is 3.28. The highest BCUT2D eigenvalue weighted by molar-refractivity contribution is 7.18. The van der Waals surface area contributed by atoms with Crippen molar-refractivity contribution in [2.24, 2.45) is 0 Å². The number of nitrogens with zero attached hydrogens (tertiary/aromatic N) is 2. The van der Waals surface area contributed by atoms with Crippen LogP contribution in [-0.2, 0) is 0 Å². The SMILES string of the molecule is C=C(C)CNC(=O)c1sc(N2CCCCCC2)nc1N. The zero-order valence-corrected chi connectivity index (χ0v) is 12.8. The molecule has 20 heavy (non-hydrogen) atoms. The summed E-state index contributed by atoms with van der Waals surface area (Å²) in [6, 6.07) is 0. The summed E-state index contributed by atoms with van der Waals surface area (Å²) < 4.78 is 0. The normalized spacial score (nSPS) is 15.8. The molecular formula is C14H22N4OS. The van der Waals surface area contributed by atoms with Crippen molar-refractivity contribution in [1.29, 1.82) is 0 Å². The molecule has 1 aromatic heterocycles. The third kappa shape index (κ3) is 3.72. The maximum atomic E-state index is 12.1. The van der Waals surface area contributed by atoms with E-state index in [1.165, 1.54) is 37.0 Å². The summed E-state index contributed by atoms with van der Waals surface area (Å²) in [7, 11) is 0. The molecule has 1 aliphatic rings. The number of nitrogens with two attached hydrogens (primary N) is 1. The van der Waals surface area contributed by atoms with E-state index in [2.05, 4.69) is 21.8 Å². The molecule has 1 fully saturated rings. The summed E-state index contributed by atoms with van der Waals surface area (Å²) in [5.74, 6) is 0.164. The molecule has 0 atom stereocenters. The maximum Gasteiger partial charge on any atom is 0.265 e. The van der Waals surface area contributed by atoms with Crippen LogP contribution in [0.5, 0.6) is 0 Å². The van der Waals surface area contributed by atoms with Gasteiger partial charge in [0.15, 0.2) is 5.13 Å². The standard InChI is InChI=1S/C14H22N4OS/c1-10(2)9-16-13(19)11-12(15)17-14(20-11)18-7-5-3-4-6-8-18/h1,3-9,15H2,2H3,(H,16,19). The van der Waals surface area contributed by atoms with Gasteiger partial charge in [0.1, 0.15) is 10.7 Å². The molecule has 1 amide bonds. The highest BCUT2D eigenvalue weighted by Gasteiger charge is 2.20. The molecule has 5 nitrogen and oxygen atoms in total. The number of hydrogen-bond acceptors (Lipinski definition) is 5. The van der Waals surface area contributed by atoms with Crippen molar-refractivity contribution in [2.75, 3.05) is 30.3 Å². The van der Waals surface area contributed by atoms with Crippen LogP contribution in [0.4, 0.5) is 10.9 Å². The Bertz CT molecular complexity index is 489. The molecule has 0 saturated carbocycles. The highest BCUT2D eigenvalue weighted by atomic mass is 32.1. The Labute approximate surface area is 123 Å². The molecule has 2 rings (SSSR count). The summed E-state index contributed by atoms with van der Waals surface area (Å²) in [5.41, 5.74) is 6.80. The van der Waals surface area contributed by atoms with Crippen LogP contribution in [0.25, 0.3) is 0 Å². The second-order valence-corrected chi connectivity index (χ2v) is 6.23. The number of carbonyl (C=O) groups excluding carboxylic acids is 1. The fraction of sp³-hybridized carbons (Fsp3) is 0.571. The zero-order chi connectivity index (χ0) is 14.5. The van der Waals surface area contributed by atoms with Crippen molar-refractivity contribution < 1.29 is 4.79 Å². The van der Waals surface area contributed by atoms with Gasteiger partial charge in [-0.15, -0.1) is 0 Å². The summed E-state index contributed by atoms with van der Waals surface area (Å²) in [4.78, 5) is 19.2. The van der Waals surface area contributed by atoms with Crippen molar-refractivity contribution in [3.8, 4) is 0 Å². The molecule has 0 radical (unpaired) electrons. The van der Waals surface area contributed by atoms with Crippen molar-refractivity contribution in [2.45, 2.75) is 32.6 Å². The molecule has 3 N–H and O–H groups in total. The van der Waals surface area contributed by atoms with E-state index >= 15 is 0 Å². The van der Waals surface area contributed by atoms with Crippen LogP contribution < -0.4 is 16.0 Å². The van der Waals surface area contributed by atoms with Gasteiger partial charge >= 0.3 is 0 Å². The number of hydrogen-bond donors (Lipinski definition) is 2. The summed E-state index contributed by atoms with van der Waals surface area (Å²) in [5, 5.41) is 3.67. The smallest absolute Gasteiger partial charge is 0.265 e. The van der Waals surface area contributed by atoms with Gasteiger partial charge in [0.25, 0.3) is 5.91 Å². The Morgan fingerprint density at radius 3 is 2.65 bits per heavy atom. The first-order valence-electron chi connectivity index (χ1n) is 7.01. The Morgan fingerprint density at radius 2 is 2.05 bits per heavy atom. The lowest BCUT2D eigenvalue weighted by molar-refractivity contribution is 0.0961. The van der Waals surface area contributed by atoms with Crippen LogP contribution in [-0.4, -0.2) is 30.5 Å². The zero-order valence-electron chi connectivity index (χ0n) is 11.9. The summed E-state index contributed by atoms with van der Waals surface area (Å²) >= 11 is 1.38. The molecule has 0 aliphatic carbocycles. The van der Waals surface area contributed by atoms with Gasteiger partial charge in [0.05, 0.1) is 0 Å². The lowest BCUT2D eigenvalue weighted by Gasteiger charge is -2.18. The predicted molar refractivity (Wildman–Crippen MR) is 84.4 cm³/mol. The van der Waals surface area contributed by atoms with Gasteiger partial charge in [-0.05, 0) is 19.8 Å². The Balaban J connectivity index is 2.07. The van der Waals surface area contributed by atoms with Crippen LogP contribution in [0.15, 0.2) is 12.2 Å². The fourth-order valence-corrected chi connectivity index (χ4v) is 3.14. The van der Waals surface area contributed by atoms with Crippen LogP contribution in [0.3, 0.4) is 0 Å². The van der Waals surface area contributed by atoms with E-state index in [0.29, 0.717) is 17.2 Å². The number of thiazole rings is 1. The van der Waals surface area contributed by atoms with E-state index in [1.54, 1.807) is 0 Å². The molecule has 0 aromatic carbocycles. The van der Waals surface area contributed by atoms with E-state index in [-0.39, 0.29) is 5.91 Å². The van der Waals surface area contributed by atoms with Gasteiger partial charge in [-0.25, -0.2) is 4.98 Å². The molecule has 2 heterocycles. The highest BCUT2D eigenvalue weighted by Crippen LogP contribution is 2.29. The Morgan fingerprint density at radius 1 is 1.40 bits per heavy atom. The maximum absolute atomic E-state index is 12.1. The number of nitrogen functional groups attached to an aromatic ring is 1. The van der Waals surface area contributed by atoms with Crippen LogP contribution in [0.2, 0.25) is 0 Å². The minimum atomic E-state index is -0.163. The molecule has 110 valence electrons. The van der Waals surface area contributed by atoms with E-state index in [0.717, 1.165) is 23.8 Å². The van der Waals surface area contributed by atoms with Crippen LogP contribution in [0, 0.1) is 0 Å². The van der Waals surface area contributed by atoms with Crippen molar-refractivity contribution in [1.82, 2.24) is 10.3 Å². The number of carbonyl (C=O) groups is 1. The van der Waals surface area contributed by atoms with Gasteiger partial charge < -0.3 is 16.0 Å². The fourth-order valence-electron chi connectivity index (χ4n) is 2.19. The summed E-state index contributed by atoms with van der Waals surface area (Å²) in [6.07, 6.45) is 4.89. The van der Waals surface area contributed by atoms with Gasteiger partial charge in [-0.3, -0.25) is 4.79 Å². The number of amides is 1. The van der Waals surface area contributed by atoms with Crippen LogP contribution in [0.1, 0.15) is 42.3 Å². The average molecular weight is 294 g/mol. The summed E-state index contributed by atoms with van der Waals surface area (Å²) in [6.45, 7) is 8.11. The largest absolute Gasteiger partial charge is 0.382 e. The van der Waals surface area contributed by atoms with Gasteiger partial charge in [0, 0.05) is 19.6 Å². The minimum absolute atomic E-state index is 0.163. The van der Waals surface area contributed by atoms with E-state index in [1.807, 2.05) is 6.92 Å². The number of aromatic nitrogens is 1. The number of nitrogens with one attached hydrogen (secondary N) is 1. The van der Waals surface area contributed by atoms with Crippen molar-refractivity contribution in [3.05, 3.63) is 17.0 Å². The molecule has 0 bridgehead atoms. The molecule has 1 aliphatic heterocycles. The molecule has 0 spiro atoms. The molecule has 6 heteroatoms. The third-order valence-corrected chi connectivity index (χ3v) is 4.41. The second-order valence-electron chi connectivity index (χ2n) is 5.25. The quantitative estimate of drug-likeness (QED) is 0.837. The average Bonchev–Trinajstić information content (AvgIpc) is 2.65. The van der Waals surface area contributed by atoms with E-state index < -0.39 is 0 Å². The van der Waals surface area contributed by atoms with E-state index in [4.69, 9.17) is 5.73 Å². The van der Waals surface area contributed by atoms with E-state index in [9.17, 15) is 4.79 Å². The number of rotatable bonds is 4. The lowest BCUT2D eigenvalue weighted by atomic mass is 10.2. The monoisotopic (exact) mass is 294 g/mol. The molecular weight excluding hydrogens is 272 g/mol. The van der Waals surface area contributed by atoms with Crippen LogP contribution >= 0.6 is 11.3 Å². The van der Waals surface area contributed by atoms with Gasteiger partial charge in [0.2, 0.25) is 0 Å². The van der Waals surface area contributed by atoms with Crippen molar-refractivity contribution in [3.63, 3.8) is 0 Å². The topological polar surface area (TPSA) is 71.2 Å².